The van der Waals surface area contributed by atoms with Gasteiger partial charge in [-0.3, -0.25) is 4.79 Å². The SMILES string of the molecule is CC1(C)c2ccccc2-c2ccc(-c3ccc4c(c3)C(C)(C)c3cc(-c5ccc(OC/C=C/C(=O)COc6ccc(-c7ccc8c(c7)C(C)(C)c7cc(-c9ccc%10c(c9)C(C)(C)c9ccccc9-%10)ccc7-8)cc6)cc5)ccc3-4)cc21. The summed E-state index contributed by atoms with van der Waals surface area (Å²) in [6, 6.07) is 75.8. The molecule has 3 heteroatoms. The Labute approximate surface area is 471 Å². The highest BCUT2D eigenvalue weighted by Gasteiger charge is 2.40. The van der Waals surface area contributed by atoms with Crippen LogP contribution < -0.4 is 9.47 Å². The van der Waals surface area contributed by atoms with Crippen molar-refractivity contribution in [1.82, 2.24) is 0 Å². The Balaban J connectivity index is 0.582. The molecule has 0 spiro atoms. The first-order valence-corrected chi connectivity index (χ1v) is 28.3. The van der Waals surface area contributed by atoms with Gasteiger partial charge in [-0.05, 0) is 206 Å². The van der Waals surface area contributed by atoms with Crippen LogP contribution in [0.2, 0.25) is 0 Å². The predicted octanol–water partition coefficient (Wildman–Crippen LogP) is 19.2. The van der Waals surface area contributed by atoms with E-state index in [2.05, 4.69) is 237 Å². The van der Waals surface area contributed by atoms with Crippen LogP contribution in [0.5, 0.6) is 11.5 Å². The summed E-state index contributed by atoms with van der Waals surface area (Å²) in [5.41, 5.74) is 30.7. The van der Waals surface area contributed by atoms with Gasteiger partial charge in [0.05, 0.1) is 0 Å². The molecule has 0 atom stereocenters. The Bertz CT molecular complexity index is 4240. The summed E-state index contributed by atoms with van der Waals surface area (Å²) in [4.78, 5) is 12.9. The van der Waals surface area contributed by atoms with Crippen molar-refractivity contribution < 1.29 is 14.3 Å². The number of hydrogen-bond acceptors (Lipinski definition) is 3. The van der Waals surface area contributed by atoms with E-state index in [4.69, 9.17) is 9.47 Å². The van der Waals surface area contributed by atoms with Crippen molar-refractivity contribution in [2.45, 2.75) is 77.0 Å². The monoisotopic (exact) mass is 1040 g/mol. The third-order valence-corrected chi connectivity index (χ3v) is 18.6. The Morgan fingerprint density at radius 2 is 0.575 bits per heavy atom. The van der Waals surface area contributed by atoms with Crippen molar-refractivity contribution in [2.24, 2.45) is 0 Å². The maximum Gasteiger partial charge on any atom is 0.192 e. The van der Waals surface area contributed by atoms with E-state index >= 15 is 0 Å². The van der Waals surface area contributed by atoms with E-state index in [0.717, 1.165) is 22.4 Å². The number of hydrogen-bond donors (Lipinski definition) is 0. The highest BCUT2D eigenvalue weighted by atomic mass is 16.5. The summed E-state index contributed by atoms with van der Waals surface area (Å²) in [7, 11) is 0. The van der Waals surface area contributed by atoms with E-state index in [0.29, 0.717) is 5.75 Å². The van der Waals surface area contributed by atoms with Gasteiger partial charge in [-0.25, -0.2) is 0 Å². The van der Waals surface area contributed by atoms with Crippen molar-refractivity contribution in [3.05, 3.63) is 263 Å². The summed E-state index contributed by atoms with van der Waals surface area (Å²) in [6.07, 6.45) is 3.29. The number of carbonyl (C=O) groups excluding carboxylic acids is 1. The lowest BCUT2D eigenvalue weighted by atomic mass is 9.80. The van der Waals surface area contributed by atoms with Crippen LogP contribution in [0.25, 0.3) is 89.0 Å². The molecule has 10 aromatic carbocycles. The zero-order chi connectivity index (χ0) is 54.9. The number of rotatable bonds is 11. The normalized spacial score (nSPS) is 15.5. The van der Waals surface area contributed by atoms with E-state index < -0.39 is 0 Å². The maximum atomic E-state index is 12.9. The lowest BCUT2D eigenvalue weighted by molar-refractivity contribution is -0.116. The van der Waals surface area contributed by atoms with Crippen molar-refractivity contribution in [3.63, 3.8) is 0 Å². The average Bonchev–Trinajstić information content (AvgIpc) is 4.15. The molecule has 0 unspecified atom stereocenters. The number of ether oxygens (including phenoxy) is 2. The van der Waals surface area contributed by atoms with Crippen molar-refractivity contribution in [3.8, 4) is 101 Å². The van der Waals surface area contributed by atoms with Crippen LogP contribution in [0.3, 0.4) is 0 Å². The Kier molecular flexibility index (Phi) is 11.2. The lowest BCUT2D eigenvalue weighted by Crippen LogP contribution is -2.15. The molecule has 0 fully saturated rings. The Hall–Kier alpha value is -8.79. The maximum absolute atomic E-state index is 12.9. The smallest absolute Gasteiger partial charge is 0.192 e. The van der Waals surface area contributed by atoms with Crippen LogP contribution in [0.15, 0.2) is 218 Å². The lowest BCUT2D eigenvalue weighted by Gasteiger charge is -2.23. The second kappa shape index (κ2) is 18.1. The van der Waals surface area contributed by atoms with E-state index in [-0.39, 0.29) is 40.7 Å². The quantitative estimate of drug-likeness (QED) is 0.121. The first kappa shape index (κ1) is 49.5. The molecule has 0 bridgehead atoms. The van der Waals surface area contributed by atoms with Crippen molar-refractivity contribution >= 4 is 5.78 Å². The summed E-state index contributed by atoms with van der Waals surface area (Å²) in [6.45, 7) is 19.0. The van der Waals surface area contributed by atoms with E-state index in [1.54, 1.807) is 12.2 Å². The highest BCUT2D eigenvalue weighted by molar-refractivity contribution is 5.92. The third-order valence-electron chi connectivity index (χ3n) is 18.6. The summed E-state index contributed by atoms with van der Waals surface area (Å²) >= 11 is 0. The topological polar surface area (TPSA) is 35.5 Å². The van der Waals surface area contributed by atoms with Gasteiger partial charge in [-0.2, -0.15) is 0 Å². The number of carbonyl (C=O) groups is 1. The number of fused-ring (bicyclic) bond motifs is 12. The minimum Gasteiger partial charge on any atom is -0.490 e. The van der Waals surface area contributed by atoms with E-state index in [1.807, 2.05) is 24.3 Å². The van der Waals surface area contributed by atoms with Gasteiger partial charge in [0.15, 0.2) is 12.4 Å². The Morgan fingerprint density at radius 1 is 0.312 bits per heavy atom. The molecule has 0 aromatic heterocycles. The second-order valence-electron chi connectivity index (χ2n) is 24.7. The van der Waals surface area contributed by atoms with Crippen LogP contribution in [0.4, 0.5) is 0 Å². The first-order chi connectivity index (χ1) is 38.6. The molecule has 0 saturated carbocycles. The number of ketones is 1. The van der Waals surface area contributed by atoms with Crippen molar-refractivity contribution in [1.29, 1.82) is 0 Å². The molecule has 0 amide bonds. The fourth-order valence-corrected chi connectivity index (χ4v) is 14.0. The predicted molar refractivity (Wildman–Crippen MR) is 330 cm³/mol. The van der Waals surface area contributed by atoms with Gasteiger partial charge in [0, 0.05) is 21.7 Å². The van der Waals surface area contributed by atoms with Crippen LogP contribution in [-0.2, 0) is 26.5 Å². The minimum absolute atomic E-state index is 0.0380. The van der Waals surface area contributed by atoms with E-state index in [1.165, 1.54) is 117 Å². The minimum atomic E-state index is -0.171. The molecule has 0 radical (unpaired) electrons. The largest absolute Gasteiger partial charge is 0.490 e. The summed E-state index contributed by atoms with van der Waals surface area (Å²) in [5, 5.41) is 0. The first-order valence-electron chi connectivity index (χ1n) is 28.3. The highest BCUT2D eigenvalue weighted by Crippen LogP contribution is 2.55. The van der Waals surface area contributed by atoms with Crippen LogP contribution in [-0.4, -0.2) is 19.0 Å². The van der Waals surface area contributed by atoms with Crippen molar-refractivity contribution in [2.75, 3.05) is 13.2 Å². The third kappa shape index (κ3) is 7.80. The fourth-order valence-electron chi connectivity index (χ4n) is 14.0. The Morgan fingerprint density at radius 3 is 0.912 bits per heavy atom. The summed E-state index contributed by atoms with van der Waals surface area (Å²) in [5.74, 6) is 1.27. The van der Waals surface area contributed by atoms with Gasteiger partial charge in [0.2, 0.25) is 0 Å². The van der Waals surface area contributed by atoms with Crippen LogP contribution in [0.1, 0.15) is 99.9 Å². The molecule has 390 valence electrons. The van der Waals surface area contributed by atoms with Gasteiger partial charge in [-0.15, -0.1) is 0 Å². The molecule has 4 aliphatic carbocycles. The zero-order valence-electron chi connectivity index (χ0n) is 46.9. The van der Waals surface area contributed by atoms with Gasteiger partial charge < -0.3 is 9.47 Å². The number of benzene rings is 10. The standard InChI is InChI=1S/C77H64O3/c1-74(2)66-17-11-9-15-58(66)60-35-25-51(42-68(60)74)53-27-37-64-62-33-23-49(40-70(62)76(5,6)72(64)44-53)47-19-29-56(30-20-47)79-39-13-14-55(78)46-80-57-31-21-48(22-32-57)50-24-34-63-65-38-28-54(45-73(65)77(7,8)71(63)41-50)52-26-36-61-59-16-10-12-18-67(59)75(3,4)69(61)43-52/h9-38,40-45H,39,46H2,1-8H3/b14-13+. The molecule has 80 heavy (non-hydrogen) atoms. The second-order valence-corrected chi connectivity index (χ2v) is 24.7. The summed E-state index contributed by atoms with van der Waals surface area (Å²) < 4.78 is 12.0. The van der Waals surface area contributed by atoms with Gasteiger partial charge in [0.1, 0.15) is 18.1 Å². The molecular weight excluding hydrogens is 973 g/mol. The van der Waals surface area contributed by atoms with Crippen LogP contribution in [0, 0.1) is 0 Å². The fraction of sp³-hybridized carbons (Fsp3) is 0.182. The average molecular weight is 1040 g/mol. The molecule has 10 aromatic rings. The molecule has 3 nitrogen and oxygen atoms in total. The molecule has 0 aliphatic heterocycles. The molecule has 0 heterocycles. The molecule has 0 saturated heterocycles. The molecule has 4 aliphatic rings. The van der Waals surface area contributed by atoms with Gasteiger partial charge in [0.25, 0.3) is 0 Å². The molecule has 14 rings (SSSR count). The van der Waals surface area contributed by atoms with E-state index in [9.17, 15) is 4.79 Å². The molecular formula is C77H64O3. The van der Waals surface area contributed by atoms with Crippen LogP contribution >= 0.6 is 0 Å². The zero-order valence-corrected chi connectivity index (χ0v) is 46.9. The molecule has 0 N–H and O–H groups in total. The van der Waals surface area contributed by atoms with Gasteiger partial charge >= 0.3 is 0 Å². The van der Waals surface area contributed by atoms with Gasteiger partial charge in [-0.1, -0.05) is 201 Å².